The highest BCUT2D eigenvalue weighted by Crippen LogP contribution is 2.52. The molecule has 4 heterocycles. The van der Waals surface area contributed by atoms with E-state index in [4.69, 9.17) is 51.1 Å². The normalized spacial score (nSPS) is 14.0. The molecule has 130 heavy (non-hydrogen) atoms. The van der Waals surface area contributed by atoms with Crippen LogP contribution in [0.25, 0.3) is 68.9 Å². The molecule has 0 radical (unpaired) electrons. The molecule has 0 unspecified atom stereocenters. The molecule has 0 atom stereocenters. The molecule has 0 spiro atoms. The first kappa shape index (κ1) is 92.6. The number of rotatable bonds is 30. The summed E-state index contributed by atoms with van der Waals surface area (Å²) in [5.74, 6) is 0.767. The van der Waals surface area contributed by atoms with Gasteiger partial charge in [0.1, 0.15) is 53.1 Å². The largest absolute Gasteiger partial charge is 0.502 e. The van der Waals surface area contributed by atoms with Crippen molar-refractivity contribution < 1.29 is 108 Å². The summed E-state index contributed by atoms with van der Waals surface area (Å²) in [6, 6.07) is 32.4. The number of hydrogen-bond donors (Lipinski definition) is 4. The predicted molar refractivity (Wildman–Crippen MR) is 487 cm³/mol. The Balaban J connectivity index is 0.000000148. The summed E-state index contributed by atoms with van der Waals surface area (Å²) in [6.45, 7) is 7.86. The lowest BCUT2D eigenvalue weighted by Crippen LogP contribution is -2.03. The summed E-state index contributed by atoms with van der Waals surface area (Å²) in [4.78, 5) is 66.4. The van der Waals surface area contributed by atoms with Gasteiger partial charge in [-0.05, 0) is 308 Å². The molecule has 4 aromatic heterocycles. The zero-order valence-corrected chi connectivity index (χ0v) is 74.0. The number of carbonyl (C=O) groups is 4. The van der Waals surface area contributed by atoms with Gasteiger partial charge in [-0.25, -0.2) is 32.5 Å². The molecular formula is C102H92F4N4O19S. The van der Waals surface area contributed by atoms with Crippen LogP contribution in [0, 0.1) is 23.3 Å². The molecule has 23 nitrogen and oxygen atoms in total. The number of phenolic OH excluding ortho intramolecular Hbond substituents is 4. The number of aromatic nitrogens is 4. The maximum atomic E-state index is 14.1. The molecule has 12 aromatic rings. The van der Waals surface area contributed by atoms with Gasteiger partial charge in [0.2, 0.25) is 23.0 Å². The molecule has 0 saturated heterocycles. The van der Waals surface area contributed by atoms with E-state index in [1.165, 1.54) is 155 Å². The molecular weight excluding hydrogens is 1690 g/mol. The van der Waals surface area contributed by atoms with Gasteiger partial charge in [0, 0.05) is 43.2 Å². The molecule has 668 valence electrons. The van der Waals surface area contributed by atoms with Crippen LogP contribution in [0.2, 0.25) is 0 Å². The number of Topliss-reactive ketones (excluding diaryl/α,β-unsaturated/α-hetero) is 4. The molecule has 0 amide bonds. The number of ether oxygens (including phenoxy) is 8. The fraction of sp³-hybridized carbons (Fsp3) is 0.216. The Labute approximate surface area is 750 Å². The monoisotopic (exact) mass is 1780 g/mol. The quantitative estimate of drug-likeness (QED) is 0.0240. The van der Waals surface area contributed by atoms with E-state index in [0.29, 0.717) is 73.6 Å². The Morgan fingerprint density at radius 1 is 0.369 bits per heavy atom. The number of oxazole rings is 3. The highest BCUT2D eigenvalue weighted by molar-refractivity contribution is 7.09. The first-order chi connectivity index (χ1) is 62.7. The number of aromatic hydroxyl groups is 4. The molecule has 0 bridgehead atoms. The zero-order valence-electron chi connectivity index (χ0n) is 73.2. The van der Waals surface area contributed by atoms with Gasteiger partial charge in [0.05, 0.1) is 80.7 Å². The topological polar surface area (TPSA) is 314 Å². The van der Waals surface area contributed by atoms with Crippen molar-refractivity contribution in [1.82, 2.24) is 19.9 Å². The van der Waals surface area contributed by atoms with Crippen LogP contribution < -0.4 is 37.9 Å². The van der Waals surface area contributed by atoms with Gasteiger partial charge in [-0.1, -0.05) is 24.3 Å². The number of phenols is 4. The minimum Gasteiger partial charge on any atom is -0.502 e. The highest BCUT2D eigenvalue weighted by atomic mass is 32.1. The summed E-state index contributed by atoms with van der Waals surface area (Å²) < 4.78 is 113. The summed E-state index contributed by atoms with van der Waals surface area (Å²) in [6.07, 6.45) is 21.0. The van der Waals surface area contributed by atoms with Gasteiger partial charge < -0.3 is 71.6 Å². The molecule has 8 aromatic carbocycles. The number of allylic oxidation sites excluding steroid dienone is 12. The minimum absolute atomic E-state index is 0.0348. The first-order valence-corrected chi connectivity index (χ1v) is 41.8. The summed E-state index contributed by atoms with van der Waals surface area (Å²) in [5.41, 5.74) is 23.5. The Bertz CT molecular complexity index is 6080. The minimum atomic E-state index is -0.343. The summed E-state index contributed by atoms with van der Waals surface area (Å²) in [7, 11) is 11.8. The van der Waals surface area contributed by atoms with Crippen molar-refractivity contribution in [2.24, 2.45) is 0 Å². The third kappa shape index (κ3) is 20.8. The van der Waals surface area contributed by atoms with E-state index in [1.807, 2.05) is 52.0 Å². The van der Waals surface area contributed by atoms with Gasteiger partial charge in [-0.15, -0.1) is 11.3 Å². The number of thiazole rings is 1. The smallest absolute Gasteiger partial charge is 0.200 e. The second-order valence-electron chi connectivity index (χ2n) is 30.5. The van der Waals surface area contributed by atoms with Crippen LogP contribution in [0.1, 0.15) is 177 Å². The second kappa shape index (κ2) is 41.6. The third-order valence-electron chi connectivity index (χ3n) is 22.7. The van der Waals surface area contributed by atoms with Crippen LogP contribution >= 0.6 is 11.3 Å². The number of fused-ring (bicyclic) bond motifs is 4. The van der Waals surface area contributed by atoms with Crippen molar-refractivity contribution in [2.75, 3.05) is 56.9 Å². The molecule has 0 aliphatic heterocycles. The Hall–Kier alpha value is -15.1. The van der Waals surface area contributed by atoms with E-state index in [2.05, 4.69) is 19.9 Å². The van der Waals surface area contributed by atoms with E-state index >= 15 is 0 Å². The Kier molecular flexibility index (Phi) is 29.6. The fourth-order valence-corrected chi connectivity index (χ4v) is 16.8. The van der Waals surface area contributed by atoms with E-state index in [9.17, 15) is 57.2 Å². The van der Waals surface area contributed by atoms with Crippen molar-refractivity contribution in [2.45, 2.75) is 91.9 Å². The lowest BCUT2D eigenvalue weighted by Gasteiger charge is -2.11. The maximum absolute atomic E-state index is 14.1. The van der Waals surface area contributed by atoms with Gasteiger partial charge in [0.25, 0.3) is 0 Å². The van der Waals surface area contributed by atoms with E-state index in [-0.39, 0.29) is 123 Å². The zero-order chi connectivity index (χ0) is 92.7. The molecule has 4 aliphatic carbocycles. The van der Waals surface area contributed by atoms with E-state index < -0.39 is 0 Å². The van der Waals surface area contributed by atoms with Crippen LogP contribution in [-0.4, -0.2) is 120 Å². The van der Waals surface area contributed by atoms with E-state index in [0.717, 1.165) is 139 Å². The standard InChI is InChI=1S/C26H24FNO5.C26H24FNO4S.2C25H22FNO5/c1-15-20(7-5-19(29)12-18-13-33-14-28-18)23-11-17(27)4-6-21(23)22(15)8-16-9-24(31-2)26(30)25(10-16)32-3;1-15-20(7-5-18(29)12-19-13-28-14-33-19)23-11-17(27)4-6-21(23)22(15)8-16-9-24(31-2)26(30)25(10-16)32-3;1-14-17(6-7-22(28)21-12-32-13-27-21)20-11-16(26)4-5-18(20)19(14)8-15-9-23(30-2)25(29)24(10-15)31-3;1-14-17(6-7-21(28)24-12-27-13-32-24)20-11-16(26)4-5-18(20)19(14)8-15-9-22(30-2)25(29)23(10-15)31-3/h2*4,6,8-11,13-14,30H,5,7,12H2,1-3H3;2*4-5,8-13,29H,6-7H2,1-3H3/b2*22-8-;2*19-8-. The van der Waals surface area contributed by atoms with Crippen LogP contribution in [0.15, 0.2) is 206 Å². The summed E-state index contributed by atoms with van der Waals surface area (Å²) in [5, 5.41) is 40.8. The van der Waals surface area contributed by atoms with Gasteiger partial charge in [0.15, 0.2) is 82.5 Å². The highest BCUT2D eigenvalue weighted by Gasteiger charge is 2.32. The second-order valence-corrected chi connectivity index (χ2v) is 31.4. The molecule has 0 fully saturated rings. The van der Waals surface area contributed by atoms with Crippen molar-refractivity contribution >= 4 is 103 Å². The van der Waals surface area contributed by atoms with Crippen molar-refractivity contribution in [3.63, 3.8) is 0 Å². The number of methoxy groups -OCH3 is 8. The van der Waals surface area contributed by atoms with Crippen molar-refractivity contribution in [1.29, 1.82) is 0 Å². The number of carbonyl (C=O) groups excluding carboxylic acids is 4. The number of nitrogens with zero attached hydrogens (tertiary/aromatic N) is 4. The van der Waals surface area contributed by atoms with Crippen LogP contribution in [-0.2, 0) is 22.4 Å². The lowest BCUT2D eigenvalue weighted by molar-refractivity contribution is -0.119. The number of benzene rings is 8. The van der Waals surface area contributed by atoms with Gasteiger partial charge >= 0.3 is 0 Å². The number of halogens is 4. The molecule has 0 saturated carbocycles. The van der Waals surface area contributed by atoms with Crippen LogP contribution in [0.4, 0.5) is 17.6 Å². The van der Waals surface area contributed by atoms with Crippen LogP contribution in [0.3, 0.4) is 0 Å². The predicted octanol–water partition coefficient (Wildman–Crippen LogP) is 22.4. The lowest BCUT2D eigenvalue weighted by atomic mass is 9.98. The van der Waals surface area contributed by atoms with Crippen LogP contribution in [0.5, 0.6) is 69.0 Å². The SMILES string of the molecule is COc1cc(/C=C2/C(C)=C(CCC(=O)Cc3cncs3)c3cc(F)ccc32)cc(OC)c1O.COc1cc(/C=C2/C(C)=C(CCC(=O)Cc3cocn3)c3cc(F)ccc32)cc(OC)c1O.COc1cc(/C=C2/C(C)=C(CCC(=O)c3cnco3)c3cc(F)ccc32)cc(OC)c1O.COc1cc(/C=C2/C(C)=C(CCC(=O)c3cocn3)c3cc(F)ccc32)cc(OC)c1O. The van der Waals surface area contributed by atoms with Gasteiger partial charge in [-0.2, -0.15) is 0 Å². The Morgan fingerprint density at radius 3 is 0.969 bits per heavy atom. The fourth-order valence-electron chi connectivity index (χ4n) is 16.1. The first-order valence-electron chi connectivity index (χ1n) is 41.0. The van der Waals surface area contributed by atoms with Crippen molar-refractivity contribution in [3.8, 4) is 69.0 Å². The number of ketones is 4. The molecule has 4 N–H and O–H groups in total. The molecule has 16 rings (SSSR count). The summed E-state index contributed by atoms with van der Waals surface area (Å²) >= 11 is 1.47. The third-order valence-corrected chi connectivity index (χ3v) is 23.5. The maximum Gasteiger partial charge on any atom is 0.200 e. The van der Waals surface area contributed by atoms with E-state index in [1.54, 1.807) is 84.5 Å². The molecule has 4 aliphatic rings. The number of hydrogen-bond acceptors (Lipinski definition) is 24. The Morgan fingerprint density at radius 2 is 0.685 bits per heavy atom. The average molecular weight is 1790 g/mol. The van der Waals surface area contributed by atoms with Crippen molar-refractivity contribution in [3.05, 3.63) is 305 Å². The average Bonchev–Trinajstić information content (AvgIpc) is 1.63. The molecule has 28 heteroatoms. The van der Waals surface area contributed by atoms with Gasteiger partial charge in [-0.3, -0.25) is 24.2 Å².